The molecule has 4 rings (SSSR count). The Balaban J connectivity index is 1.19. The molecule has 1 N–H and O–H groups in total. The molecule has 1 atom stereocenters. The number of rotatable bonds is 8. The van der Waals surface area contributed by atoms with Gasteiger partial charge in [0.05, 0.1) is 13.2 Å². The molecule has 1 unspecified atom stereocenters. The Morgan fingerprint density at radius 1 is 0.935 bits per heavy atom. The maximum Gasteiger partial charge on any atom is 0.237 e. The van der Waals surface area contributed by atoms with Crippen molar-refractivity contribution in [2.24, 2.45) is 5.92 Å². The topological polar surface area (TPSA) is 44.8 Å². The molecule has 166 valence electrons. The second-order valence-corrected chi connectivity index (χ2v) is 8.93. The van der Waals surface area contributed by atoms with Crippen molar-refractivity contribution < 1.29 is 9.53 Å². The van der Waals surface area contributed by atoms with Gasteiger partial charge in [-0.05, 0) is 74.5 Å². The van der Waals surface area contributed by atoms with Gasteiger partial charge in [-0.1, -0.05) is 42.5 Å². The standard InChI is InChI=1S/C26H35N3O2/c1-31-24-11-9-23(10-12-24)19-28-16-13-21(14-17-28)18-27-26(30)25-8-5-15-29(25)20-22-6-3-2-4-7-22/h2-4,6-7,9-12,21,25H,5,8,13-20H2,1H3,(H,27,30). The lowest BCUT2D eigenvalue weighted by molar-refractivity contribution is -0.125. The lowest BCUT2D eigenvalue weighted by Crippen LogP contribution is -2.45. The van der Waals surface area contributed by atoms with Crippen LogP contribution in [0.25, 0.3) is 0 Å². The van der Waals surface area contributed by atoms with Crippen molar-refractivity contribution in [2.45, 2.75) is 44.8 Å². The number of methoxy groups -OCH3 is 1. The van der Waals surface area contributed by atoms with Crippen LogP contribution in [-0.2, 0) is 17.9 Å². The summed E-state index contributed by atoms with van der Waals surface area (Å²) in [7, 11) is 1.70. The van der Waals surface area contributed by atoms with E-state index in [4.69, 9.17) is 4.74 Å². The zero-order valence-corrected chi connectivity index (χ0v) is 18.6. The average Bonchev–Trinajstić information content (AvgIpc) is 3.28. The SMILES string of the molecule is COc1ccc(CN2CCC(CNC(=O)C3CCCN3Cc3ccccc3)CC2)cc1. The first-order valence-electron chi connectivity index (χ1n) is 11.6. The van der Waals surface area contributed by atoms with E-state index in [9.17, 15) is 4.79 Å². The molecule has 2 fully saturated rings. The summed E-state index contributed by atoms with van der Waals surface area (Å²) in [5, 5.41) is 3.27. The Hall–Kier alpha value is -2.37. The number of piperidine rings is 1. The minimum absolute atomic E-state index is 0.0235. The number of carbonyl (C=O) groups excluding carboxylic acids is 1. The Bertz CT molecular complexity index is 816. The summed E-state index contributed by atoms with van der Waals surface area (Å²) < 4.78 is 5.24. The predicted molar refractivity (Wildman–Crippen MR) is 124 cm³/mol. The van der Waals surface area contributed by atoms with Crippen LogP contribution in [0.3, 0.4) is 0 Å². The number of hydrogen-bond donors (Lipinski definition) is 1. The number of nitrogens with one attached hydrogen (secondary N) is 1. The van der Waals surface area contributed by atoms with Gasteiger partial charge < -0.3 is 10.1 Å². The van der Waals surface area contributed by atoms with Crippen LogP contribution < -0.4 is 10.1 Å². The van der Waals surface area contributed by atoms with E-state index < -0.39 is 0 Å². The van der Waals surface area contributed by atoms with Gasteiger partial charge >= 0.3 is 0 Å². The molecule has 0 saturated carbocycles. The summed E-state index contributed by atoms with van der Waals surface area (Å²) in [6.07, 6.45) is 4.37. The van der Waals surface area contributed by atoms with Crippen molar-refractivity contribution in [2.75, 3.05) is 33.3 Å². The summed E-state index contributed by atoms with van der Waals surface area (Å²) in [6, 6.07) is 18.9. The van der Waals surface area contributed by atoms with E-state index in [0.29, 0.717) is 5.92 Å². The molecule has 2 heterocycles. The third kappa shape index (κ3) is 6.08. The zero-order valence-electron chi connectivity index (χ0n) is 18.6. The minimum Gasteiger partial charge on any atom is -0.497 e. The van der Waals surface area contributed by atoms with Gasteiger partial charge in [0.1, 0.15) is 5.75 Å². The lowest BCUT2D eigenvalue weighted by atomic mass is 9.96. The van der Waals surface area contributed by atoms with Crippen LogP contribution in [0.5, 0.6) is 5.75 Å². The lowest BCUT2D eigenvalue weighted by Gasteiger charge is -2.32. The average molecular weight is 422 g/mol. The normalized spacial score (nSPS) is 20.6. The minimum atomic E-state index is 0.0235. The van der Waals surface area contributed by atoms with Crippen LogP contribution in [0.4, 0.5) is 0 Å². The number of ether oxygens (including phenoxy) is 1. The highest BCUT2D eigenvalue weighted by Crippen LogP contribution is 2.22. The molecule has 2 aliphatic rings. The van der Waals surface area contributed by atoms with Crippen LogP contribution in [-0.4, -0.2) is 55.0 Å². The number of likely N-dealkylation sites (tertiary alicyclic amines) is 2. The first kappa shape index (κ1) is 21.8. The molecule has 0 spiro atoms. The second kappa shape index (κ2) is 10.8. The monoisotopic (exact) mass is 421 g/mol. The van der Waals surface area contributed by atoms with Crippen molar-refractivity contribution in [3.8, 4) is 5.75 Å². The van der Waals surface area contributed by atoms with Gasteiger partial charge in [0.2, 0.25) is 5.91 Å². The fraction of sp³-hybridized carbons (Fsp3) is 0.500. The third-order valence-corrected chi connectivity index (χ3v) is 6.73. The van der Waals surface area contributed by atoms with Gasteiger partial charge in [-0.3, -0.25) is 14.6 Å². The number of hydrogen-bond acceptors (Lipinski definition) is 4. The summed E-state index contributed by atoms with van der Waals surface area (Å²) in [5.74, 6) is 1.71. The summed E-state index contributed by atoms with van der Waals surface area (Å²) in [6.45, 7) is 5.86. The molecule has 31 heavy (non-hydrogen) atoms. The van der Waals surface area contributed by atoms with E-state index in [-0.39, 0.29) is 11.9 Å². The molecule has 5 heteroatoms. The molecule has 2 saturated heterocycles. The van der Waals surface area contributed by atoms with Gasteiger partial charge in [-0.25, -0.2) is 0 Å². The van der Waals surface area contributed by atoms with Crippen molar-refractivity contribution in [1.29, 1.82) is 0 Å². The van der Waals surface area contributed by atoms with Crippen molar-refractivity contribution in [3.05, 3.63) is 65.7 Å². The van der Waals surface area contributed by atoms with E-state index in [1.54, 1.807) is 7.11 Å². The molecule has 0 radical (unpaired) electrons. The Kier molecular flexibility index (Phi) is 7.60. The molecule has 2 aromatic rings. The Labute approximate surface area is 186 Å². The number of amides is 1. The maximum atomic E-state index is 12.9. The van der Waals surface area contributed by atoms with Crippen LogP contribution >= 0.6 is 0 Å². The van der Waals surface area contributed by atoms with Gasteiger partial charge in [-0.2, -0.15) is 0 Å². The predicted octanol–water partition coefficient (Wildman–Crippen LogP) is 3.69. The number of benzene rings is 2. The number of carbonyl (C=O) groups is 1. The van der Waals surface area contributed by atoms with Gasteiger partial charge in [0.25, 0.3) is 0 Å². The largest absolute Gasteiger partial charge is 0.497 e. The molecular formula is C26H35N3O2. The van der Waals surface area contributed by atoms with E-state index in [0.717, 1.165) is 70.7 Å². The molecule has 5 nitrogen and oxygen atoms in total. The molecule has 0 aliphatic carbocycles. The van der Waals surface area contributed by atoms with E-state index in [1.807, 2.05) is 18.2 Å². The van der Waals surface area contributed by atoms with Gasteiger partial charge in [-0.15, -0.1) is 0 Å². The second-order valence-electron chi connectivity index (χ2n) is 8.93. The summed E-state index contributed by atoms with van der Waals surface area (Å²) in [5.41, 5.74) is 2.61. The highest BCUT2D eigenvalue weighted by molar-refractivity contribution is 5.82. The van der Waals surface area contributed by atoms with Crippen LogP contribution in [0.1, 0.15) is 36.8 Å². The van der Waals surface area contributed by atoms with E-state index >= 15 is 0 Å². The Morgan fingerprint density at radius 3 is 2.35 bits per heavy atom. The van der Waals surface area contributed by atoms with Gasteiger partial charge in [0.15, 0.2) is 0 Å². The van der Waals surface area contributed by atoms with Crippen LogP contribution in [0, 0.1) is 5.92 Å². The molecule has 2 aromatic carbocycles. The molecule has 2 aliphatic heterocycles. The van der Waals surface area contributed by atoms with E-state index in [1.165, 1.54) is 11.1 Å². The highest BCUT2D eigenvalue weighted by atomic mass is 16.5. The fourth-order valence-electron chi connectivity index (χ4n) is 4.83. The van der Waals surface area contributed by atoms with Gasteiger partial charge in [0, 0.05) is 19.6 Å². The number of nitrogens with zero attached hydrogens (tertiary/aromatic N) is 2. The molecule has 0 aromatic heterocycles. The van der Waals surface area contributed by atoms with E-state index in [2.05, 4.69) is 51.5 Å². The zero-order chi connectivity index (χ0) is 21.5. The maximum absolute atomic E-state index is 12.9. The molecule has 1 amide bonds. The third-order valence-electron chi connectivity index (χ3n) is 6.73. The quantitative estimate of drug-likeness (QED) is 0.706. The van der Waals surface area contributed by atoms with Crippen LogP contribution in [0.15, 0.2) is 54.6 Å². The molecule has 0 bridgehead atoms. The smallest absolute Gasteiger partial charge is 0.237 e. The van der Waals surface area contributed by atoms with Crippen molar-refractivity contribution >= 4 is 5.91 Å². The fourth-order valence-corrected chi connectivity index (χ4v) is 4.83. The summed E-state index contributed by atoms with van der Waals surface area (Å²) in [4.78, 5) is 17.7. The summed E-state index contributed by atoms with van der Waals surface area (Å²) >= 11 is 0. The van der Waals surface area contributed by atoms with Crippen molar-refractivity contribution in [3.63, 3.8) is 0 Å². The molecular weight excluding hydrogens is 386 g/mol. The first-order chi connectivity index (χ1) is 15.2. The first-order valence-corrected chi connectivity index (χ1v) is 11.6. The van der Waals surface area contributed by atoms with Crippen LogP contribution in [0.2, 0.25) is 0 Å². The van der Waals surface area contributed by atoms with Crippen molar-refractivity contribution in [1.82, 2.24) is 15.1 Å². The Morgan fingerprint density at radius 2 is 1.65 bits per heavy atom. The highest BCUT2D eigenvalue weighted by Gasteiger charge is 2.31.